The van der Waals surface area contributed by atoms with Gasteiger partial charge in [-0.2, -0.15) is 0 Å². The minimum atomic E-state index is -1.11. The molecule has 3 heterocycles. The van der Waals surface area contributed by atoms with Crippen LogP contribution in [0, 0.1) is 0 Å². The highest BCUT2D eigenvalue weighted by Gasteiger charge is 2.20. The van der Waals surface area contributed by atoms with Gasteiger partial charge < -0.3 is 5.11 Å². The maximum Gasteiger partial charge on any atom is 0.358 e. The van der Waals surface area contributed by atoms with Crippen molar-refractivity contribution >= 4 is 17.3 Å². The van der Waals surface area contributed by atoms with E-state index < -0.39 is 5.97 Å². The number of rotatable bonds is 4. The summed E-state index contributed by atoms with van der Waals surface area (Å²) in [6.45, 7) is 0.426. The average molecular weight is 287 g/mol. The van der Waals surface area contributed by atoms with Crippen LogP contribution in [0.4, 0.5) is 0 Å². The molecule has 0 unspecified atom stereocenters. The highest BCUT2D eigenvalue weighted by Crippen LogP contribution is 2.22. The van der Waals surface area contributed by atoms with Crippen LogP contribution in [0.2, 0.25) is 0 Å². The van der Waals surface area contributed by atoms with Crippen LogP contribution in [-0.2, 0) is 6.54 Å². The quantitative estimate of drug-likeness (QED) is 0.782. The van der Waals surface area contributed by atoms with Crippen molar-refractivity contribution in [3.8, 4) is 11.3 Å². The summed E-state index contributed by atoms with van der Waals surface area (Å²) in [5.41, 5.74) is 2.75. The molecule has 0 aliphatic heterocycles. The number of aromatic carboxylic acids is 1. The maximum absolute atomic E-state index is 11.3. The van der Waals surface area contributed by atoms with Gasteiger partial charge in [-0.1, -0.05) is 5.21 Å². The molecule has 0 fully saturated rings. The number of aromatic nitrogens is 5. The third kappa shape index (κ3) is 2.28. The minimum Gasteiger partial charge on any atom is -0.476 e. The fourth-order valence-electron chi connectivity index (χ4n) is 1.82. The molecule has 100 valence electrons. The second-order valence-corrected chi connectivity index (χ2v) is 4.93. The molecule has 0 aliphatic carbocycles. The molecule has 7 nitrogen and oxygen atoms in total. The Labute approximate surface area is 117 Å². The lowest BCUT2D eigenvalue weighted by Crippen LogP contribution is -2.05. The van der Waals surface area contributed by atoms with Crippen molar-refractivity contribution in [2.45, 2.75) is 6.54 Å². The Hall–Kier alpha value is -2.61. The molecule has 0 aliphatic rings. The zero-order chi connectivity index (χ0) is 13.9. The molecule has 0 spiro atoms. The van der Waals surface area contributed by atoms with E-state index in [1.807, 2.05) is 0 Å². The fourth-order valence-corrected chi connectivity index (χ4v) is 2.40. The first kappa shape index (κ1) is 12.4. The van der Waals surface area contributed by atoms with Crippen LogP contribution in [0.3, 0.4) is 0 Å². The summed E-state index contributed by atoms with van der Waals surface area (Å²) in [7, 11) is 0. The number of thiazole rings is 1. The Kier molecular flexibility index (Phi) is 3.21. The maximum atomic E-state index is 11.3. The summed E-state index contributed by atoms with van der Waals surface area (Å²) in [5.74, 6) is -1.11. The molecule has 0 saturated heterocycles. The highest BCUT2D eigenvalue weighted by atomic mass is 32.1. The van der Waals surface area contributed by atoms with Gasteiger partial charge in [-0.3, -0.25) is 9.97 Å². The normalized spacial score (nSPS) is 10.6. The Bertz CT molecular complexity index is 724. The molecule has 3 aromatic rings. The lowest BCUT2D eigenvalue weighted by atomic mass is 10.1. The standard InChI is InChI=1S/C12H9N5O2S/c18-12(19)10-11(8-2-1-3-13-4-8)17(16-15-10)6-9-5-14-7-20-9/h1-5,7H,6H2,(H,18,19). The monoisotopic (exact) mass is 287 g/mol. The first-order chi connectivity index (χ1) is 9.75. The molecule has 0 saturated carbocycles. The summed E-state index contributed by atoms with van der Waals surface area (Å²) in [6.07, 6.45) is 4.94. The van der Waals surface area contributed by atoms with Crippen LogP contribution < -0.4 is 0 Å². The van der Waals surface area contributed by atoms with E-state index in [4.69, 9.17) is 0 Å². The molecule has 0 aromatic carbocycles. The molecular formula is C12H9N5O2S. The Morgan fingerprint density at radius 2 is 2.25 bits per heavy atom. The van der Waals surface area contributed by atoms with Crippen molar-refractivity contribution in [3.63, 3.8) is 0 Å². The lowest BCUT2D eigenvalue weighted by Gasteiger charge is -2.05. The van der Waals surface area contributed by atoms with Gasteiger partial charge in [0.1, 0.15) is 5.69 Å². The molecule has 0 amide bonds. The van der Waals surface area contributed by atoms with E-state index in [0.717, 1.165) is 4.88 Å². The molecule has 3 aromatic heterocycles. The average Bonchev–Trinajstić information content (AvgIpc) is 3.09. The van der Waals surface area contributed by atoms with Gasteiger partial charge in [-0.15, -0.1) is 16.4 Å². The third-order valence-electron chi connectivity index (χ3n) is 2.66. The zero-order valence-electron chi connectivity index (χ0n) is 10.2. The molecular weight excluding hydrogens is 278 g/mol. The van der Waals surface area contributed by atoms with Gasteiger partial charge in [-0.25, -0.2) is 9.48 Å². The summed E-state index contributed by atoms with van der Waals surface area (Å²) >= 11 is 1.48. The summed E-state index contributed by atoms with van der Waals surface area (Å²) in [5, 5.41) is 16.9. The van der Waals surface area contributed by atoms with Crippen LogP contribution in [0.25, 0.3) is 11.3 Å². The van der Waals surface area contributed by atoms with Crippen molar-refractivity contribution in [3.05, 3.63) is 46.8 Å². The Morgan fingerprint density at radius 3 is 2.90 bits per heavy atom. The molecule has 0 atom stereocenters. The van der Waals surface area contributed by atoms with Crippen molar-refractivity contribution < 1.29 is 9.90 Å². The van der Waals surface area contributed by atoms with Gasteiger partial charge in [-0.05, 0) is 12.1 Å². The number of hydrogen-bond acceptors (Lipinski definition) is 6. The van der Waals surface area contributed by atoms with Crippen LogP contribution in [0.1, 0.15) is 15.4 Å². The van der Waals surface area contributed by atoms with Gasteiger partial charge in [0.05, 0.1) is 12.1 Å². The van der Waals surface area contributed by atoms with Crippen molar-refractivity contribution in [1.29, 1.82) is 0 Å². The Morgan fingerprint density at radius 1 is 1.35 bits per heavy atom. The number of carboxylic acids is 1. The summed E-state index contributed by atoms with van der Waals surface area (Å²) < 4.78 is 1.55. The molecule has 3 rings (SSSR count). The number of hydrogen-bond donors (Lipinski definition) is 1. The van der Waals surface area contributed by atoms with Crippen LogP contribution in [-0.4, -0.2) is 36.0 Å². The molecule has 20 heavy (non-hydrogen) atoms. The predicted molar refractivity (Wildman–Crippen MR) is 71.4 cm³/mol. The van der Waals surface area contributed by atoms with E-state index in [2.05, 4.69) is 20.3 Å². The molecule has 0 bridgehead atoms. The second-order valence-electron chi connectivity index (χ2n) is 3.96. The Balaban J connectivity index is 2.09. The van der Waals surface area contributed by atoms with Crippen molar-refractivity contribution in [2.24, 2.45) is 0 Å². The van der Waals surface area contributed by atoms with Crippen molar-refractivity contribution in [2.75, 3.05) is 0 Å². The number of carbonyl (C=O) groups is 1. The lowest BCUT2D eigenvalue weighted by molar-refractivity contribution is 0.0691. The van der Waals surface area contributed by atoms with Gasteiger partial charge >= 0.3 is 5.97 Å². The highest BCUT2D eigenvalue weighted by molar-refractivity contribution is 7.09. The van der Waals surface area contributed by atoms with Gasteiger partial charge in [0.2, 0.25) is 0 Å². The van der Waals surface area contributed by atoms with E-state index in [0.29, 0.717) is 17.8 Å². The van der Waals surface area contributed by atoms with Crippen LogP contribution in [0.15, 0.2) is 36.2 Å². The van der Waals surface area contributed by atoms with E-state index in [1.54, 1.807) is 40.9 Å². The topological polar surface area (TPSA) is 93.8 Å². The van der Waals surface area contributed by atoms with E-state index in [1.165, 1.54) is 11.3 Å². The SMILES string of the molecule is O=C(O)c1nnn(Cc2cncs2)c1-c1cccnc1. The number of carboxylic acid groups (broad SMARTS) is 1. The smallest absolute Gasteiger partial charge is 0.358 e. The second kappa shape index (κ2) is 5.17. The fraction of sp³-hybridized carbons (Fsp3) is 0.0833. The summed E-state index contributed by atoms with van der Waals surface area (Å²) in [4.78, 5) is 20.2. The third-order valence-corrected chi connectivity index (χ3v) is 3.43. The first-order valence-corrected chi connectivity index (χ1v) is 6.58. The number of nitrogens with zero attached hydrogens (tertiary/aromatic N) is 5. The van der Waals surface area contributed by atoms with Gasteiger partial charge in [0, 0.05) is 29.0 Å². The molecule has 0 radical (unpaired) electrons. The van der Waals surface area contributed by atoms with Gasteiger partial charge in [0.15, 0.2) is 5.69 Å². The minimum absolute atomic E-state index is 0.0810. The van der Waals surface area contributed by atoms with Crippen LogP contribution >= 0.6 is 11.3 Å². The molecule has 8 heteroatoms. The summed E-state index contributed by atoms with van der Waals surface area (Å²) in [6, 6.07) is 3.52. The van der Waals surface area contributed by atoms with Crippen LogP contribution in [0.5, 0.6) is 0 Å². The number of pyridine rings is 1. The van der Waals surface area contributed by atoms with E-state index in [-0.39, 0.29) is 5.69 Å². The predicted octanol–water partition coefficient (Wildman–Crippen LogP) is 1.54. The zero-order valence-corrected chi connectivity index (χ0v) is 11.0. The van der Waals surface area contributed by atoms with E-state index >= 15 is 0 Å². The van der Waals surface area contributed by atoms with Crippen molar-refractivity contribution in [1.82, 2.24) is 25.0 Å². The van der Waals surface area contributed by atoms with E-state index in [9.17, 15) is 9.90 Å². The molecule has 1 N–H and O–H groups in total. The van der Waals surface area contributed by atoms with Gasteiger partial charge in [0.25, 0.3) is 0 Å². The largest absolute Gasteiger partial charge is 0.476 e. The first-order valence-electron chi connectivity index (χ1n) is 5.70.